The molecular formula is C14H16N2O5. The van der Waals surface area contributed by atoms with E-state index >= 15 is 0 Å². The van der Waals surface area contributed by atoms with Gasteiger partial charge in [0, 0.05) is 26.0 Å². The molecule has 7 heteroatoms. The molecular weight excluding hydrogens is 276 g/mol. The lowest BCUT2D eigenvalue weighted by molar-refractivity contribution is -0.386. The molecule has 1 saturated heterocycles. The molecule has 1 aliphatic carbocycles. The van der Waals surface area contributed by atoms with Gasteiger partial charge in [0.05, 0.1) is 22.2 Å². The van der Waals surface area contributed by atoms with Crippen LogP contribution in [0, 0.1) is 10.1 Å². The zero-order valence-electron chi connectivity index (χ0n) is 11.7. The predicted octanol–water partition coefficient (Wildman–Crippen LogP) is 2.31. The number of ether oxygens (including phenoxy) is 2. The molecule has 1 aromatic rings. The van der Waals surface area contributed by atoms with Gasteiger partial charge in [0.15, 0.2) is 0 Å². The number of aromatic nitrogens is 1. The van der Waals surface area contributed by atoms with Crippen LogP contribution >= 0.6 is 0 Å². The Morgan fingerprint density at radius 3 is 2.95 bits per heavy atom. The lowest BCUT2D eigenvalue weighted by Crippen LogP contribution is -2.35. The molecule has 2 aliphatic rings. The zero-order chi connectivity index (χ0) is 15.0. The molecule has 0 N–H and O–H groups in total. The Morgan fingerprint density at radius 1 is 1.57 bits per heavy atom. The molecule has 2 atom stereocenters. The van der Waals surface area contributed by atoms with Crippen LogP contribution in [0.4, 0.5) is 5.69 Å². The summed E-state index contributed by atoms with van der Waals surface area (Å²) in [5, 5.41) is 11.1. The van der Waals surface area contributed by atoms with Gasteiger partial charge in [0.25, 0.3) is 5.69 Å². The summed E-state index contributed by atoms with van der Waals surface area (Å²) >= 11 is 0. The molecule has 1 saturated carbocycles. The highest BCUT2D eigenvalue weighted by Crippen LogP contribution is 2.52. The molecule has 2 fully saturated rings. The van der Waals surface area contributed by atoms with Crippen molar-refractivity contribution in [2.24, 2.45) is 0 Å². The second-order valence-electron chi connectivity index (χ2n) is 5.65. The third-order valence-electron chi connectivity index (χ3n) is 3.99. The van der Waals surface area contributed by atoms with E-state index in [-0.39, 0.29) is 23.4 Å². The number of pyridine rings is 1. The lowest BCUT2D eigenvalue weighted by Gasteiger charge is -2.35. The largest absolute Gasteiger partial charge is 0.462 e. The van der Waals surface area contributed by atoms with E-state index in [4.69, 9.17) is 9.47 Å². The minimum absolute atomic E-state index is 0.0539. The van der Waals surface area contributed by atoms with E-state index in [1.165, 1.54) is 19.3 Å². The summed E-state index contributed by atoms with van der Waals surface area (Å²) < 4.78 is 11.4. The van der Waals surface area contributed by atoms with E-state index in [2.05, 4.69) is 4.98 Å². The van der Waals surface area contributed by atoms with E-state index in [0.717, 1.165) is 12.8 Å². The molecule has 0 bridgehead atoms. The van der Waals surface area contributed by atoms with Crippen LogP contribution in [0.1, 0.15) is 44.3 Å². The first kappa shape index (κ1) is 13.9. The molecule has 3 rings (SSSR count). The van der Waals surface area contributed by atoms with E-state index < -0.39 is 11.0 Å². The van der Waals surface area contributed by atoms with Crippen LogP contribution in [0.5, 0.6) is 0 Å². The summed E-state index contributed by atoms with van der Waals surface area (Å²) in [6.45, 7) is 1.37. The molecule has 112 valence electrons. The smallest absolute Gasteiger partial charge is 0.302 e. The highest BCUT2D eigenvalue weighted by atomic mass is 16.6. The number of carbonyl (C=O) groups excluding carboxylic acids is 1. The van der Waals surface area contributed by atoms with E-state index in [1.54, 1.807) is 6.07 Å². The fraction of sp³-hybridized carbons (Fsp3) is 0.571. The SMILES string of the molecule is CC(=O)OC1CC(c2ccncc2[N+](=O)[O-])OC2(CC2)C1. The van der Waals surface area contributed by atoms with Crippen molar-refractivity contribution in [3.05, 3.63) is 34.1 Å². The van der Waals surface area contributed by atoms with Crippen LogP contribution < -0.4 is 0 Å². The van der Waals surface area contributed by atoms with Gasteiger partial charge in [0.1, 0.15) is 12.3 Å². The maximum Gasteiger partial charge on any atom is 0.302 e. The van der Waals surface area contributed by atoms with Gasteiger partial charge in [-0.1, -0.05) is 0 Å². The normalized spacial score (nSPS) is 26.3. The van der Waals surface area contributed by atoms with Crippen molar-refractivity contribution >= 4 is 11.7 Å². The molecule has 2 heterocycles. The molecule has 7 nitrogen and oxygen atoms in total. The number of hydrogen-bond acceptors (Lipinski definition) is 6. The maximum absolute atomic E-state index is 11.2. The van der Waals surface area contributed by atoms with Crippen molar-refractivity contribution in [3.8, 4) is 0 Å². The second kappa shape index (κ2) is 5.07. The van der Waals surface area contributed by atoms with Gasteiger partial charge in [-0.3, -0.25) is 19.9 Å². The number of nitro groups is 1. The quantitative estimate of drug-likeness (QED) is 0.482. The van der Waals surface area contributed by atoms with Gasteiger partial charge >= 0.3 is 5.97 Å². The minimum atomic E-state index is -0.458. The van der Waals surface area contributed by atoms with Crippen molar-refractivity contribution in [2.75, 3.05) is 0 Å². The Bertz CT molecular complexity index is 584. The highest BCUT2D eigenvalue weighted by Gasteiger charge is 2.52. The Labute approximate surface area is 121 Å². The van der Waals surface area contributed by atoms with Crippen LogP contribution in [-0.2, 0) is 14.3 Å². The molecule has 2 unspecified atom stereocenters. The zero-order valence-corrected chi connectivity index (χ0v) is 11.7. The summed E-state index contributed by atoms with van der Waals surface area (Å²) in [4.78, 5) is 25.6. The Balaban J connectivity index is 1.87. The van der Waals surface area contributed by atoms with Crippen molar-refractivity contribution in [2.45, 2.75) is 50.4 Å². The van der Waals surface area contributed by atoms with E-state index in [9.17, 15) is 14.9 Å². The second-order valence-corrected chi connectivity index (χ2v) is 5.65. The van der Waals surface area contributed by atoms with Gasteiger partial charge in [-0.05, 0) is 18.9 Å². The average Bonchev–Trinajstić information content (AvgIpc) is 3.16. The third-order valence-corrected chi connectivity index (χ3v) is 3.99. The molecule has 0 aromatic carbocycles. The molecule has 0 amide bonds. The summed E-state index contributed by atoms with van der Waals surface area (Å²) in [6, 6.07) is 1.61. The molecule has 1 spiro atoms. The van der Waals surface area contributed by atoms with Crippen molar-refractivity contribution in [3.63, 3.8) is 0 Å². The molecule has 1 aliphatic heterocycles. The van der Waals surface area contributed by atoms with Gasteiger partial charge in [-0.25, -0.2) is 0 Å². The number of carbonyl (C=O) groups is 1. The summed E-state index contributed by atoms with van der Waals surface area (Å²) in [5.41, 5.74) is 0.167. The monoisotopic (exact) mass is 292 g/mol. The predicted molar refractivity (Wildman–Crippen MR) is 71.5 cm³/mol. The van der Waals surface area contributed by atoms with Crippen molar-refractivity contribution in [1.82, 2.24) is 4.98 Å². The van der Waals surface area contributed by atoms with Crippen LogP contribution in [0.25, 0.3) is 0 Å². The number of rotatable bonds is 3. The van der Waals surface area contributed by atoms with Gasteiger partial charge in [-0.2, -0.15) is 0 Å². The van der Waals surface area contributed by atoms with Crippen molar-refractivity contribution < 1.29 is 19.2 Å². The standard InChI is InChI=1S/C14H16N2O5/c1-9(17)20-10-6-13(21-14(7-10)3-4-14)11-2-5-15-8-12(11)16(18)19/h2,5,8,10,13H,3-4,6-7H2,1H3. The fourth-order valence-electron chi connectivity index (χ4n) is 2.93. The van der Waals surface area contributed by atoms with Crippen LogP contribution in [0.15, 0.2) is 18.5 Å². The highest BCUT2D eigenvalue weighted by molar-refractivity contribution is 5.66. The Hall–Kier alpha value is -2.02. The van der Waals surface area contributed by atoms with Gasteiger partial charge < -0.3 is 9.47 Å². The first-order valence-electron chi connectivity index (χ1n) is 6.92. The van der Waals surface area contributed by atoms with E-state index in [0.29, 0.717) is 18.4 Å². The third kappa shape index (κ3) is 2.87. The lowest BCUT2D eigenvalue weighted by atomic mass is 9.94. The van der Waals surface area contributed by atoms with Crippen LogP contribution in [0.3, 0.4) is 0 Å². The van der Waals surface area contributed by atoms with E-state index in [1.807, 2.05) is 0 Å². The first-order chi connectivity index (χ1) is 9.99. The Morgan fingerprint density at radius 2 is 2.33 bits per heavy atom. The molecule has 21 heavy (non-hydrogen) atoms. The van der Waals surface area contributed by atoms with Crippen LogP contribution in [-0.4, -0.2) is 27.6 Å². The first-order valence-corrected chi connectivity index (χ1v) is 6.92. The molecule has 0 radical (unpaired) electrons. The molecule has 1 aromatic heterocycles. The number of hydrogen-bond donors (Lipinski definition) is 0. The Kier molecular flexibility index (Phi) is 3.36. The van der Waals surface area contributed by atoms with Gasteiger partial charge in [0.2, 0.25) is 0 Å². The topological polar surface area (TPSA) is 91.6 Å². The number of nitrogens with zero attached hydrogens (tertiary/aromatic N) is 2. The van der Waals surface area contributed by atoms with Crippen molar-refractivity contribution in [1.29, 1.82) is 0 Å². The average molecular weight is 292 g/mol. The maximum atomic E-state index is 11.2. The number of esters is 1. The van der Waals surface area contributed by atoms with Gasteiger partial charge in [-0.15, -0.1) is 0 Å². The van der Waals surface area contributed by atoms with Crippen LogP contribution in [0.2, 0.25) is 0 Å². The summed E-state index contributed by atoms with van der Waals surface area (Å²) in [5.74, 6) is -0.333. The minimum Gasteiger partial charge on any atom is -0.462 e. The fourth-order valence-corrected chi connectivity index (χ4v) is 2.93. The summed E-state index contributed by atoms with van der Waals surface area (Å²) in [7, 11) is 0. The summed E-state index contributed by atoms with van der Waals surface area (Å²) in [6.07, 6.45) is 4.97.